The number of sulfone groups is 1. The van der Waals surface area contributed by atoms with Crippen LogP contribution < -0.4 is 5.32 Å². The lowest BCUT2D eigenvalue weighted by Crippen LogP contribution is -2.47. The van der Waals surface area contributed by atoms with Crippen molar-refractivity contribution in [1.82, 2.24) is 5.32 Å². The summed E-state index contributed by atoms with van der Waals surface area (Å²) in [6.07, 6.45) is 1.21. The molecule has 20 heavy (non-hydrogen) atoms. The molecule has 0 spiro atoms. The van der Waals surface area contributed by atoms with Gasteiger partial charge in [0.25, 0.3) is 0 Å². The fourth-order valence-electron chi connectivity index (χ4n) is 2.29. The molecule has 1 N–H and O–H groups in total. The van der Waals surface area contributed by atoms with Gasteiger partial charge in [0.1, 0.15) is 11.6 Å². The molecule has 6 heteroatoms. The van der Waals surface area contributed by atoms with Crippen LogP contribution in [-0.4, -0.2) is 43.6 Å². The first kappa shape index (κ1) is 17.4. The van der Waals surface area contributed by atoms with Crippen molar-refractivity contribution < 1.29 is 17.9 Å². The average Bonchev–Trinajstić information content (AvgIpc) is 2.53. The normalized spacial score (nSPS) is 23.8. The van der Waals surface area contributed by atoms with Gasteiger partial charge >= 0.3 is 5.97 Å². The fourth-order valence-corrected chi connectivity index (χ4v) is 3.97. The van der Waals surface area contributed by atoms with Gasteiger partial charge in [0.15, 0.2) is 9.84 Å². The Balaban J connectivity index is 2.67. The Morgan fingerprint density at radius 2 is 1.95 bits per heavy atom. The van der Waals surface area contributed by atoms with Crippen LogP contribution in [0.4, 0.5) is 0 Å². The summed E-state index contributed by atoms with van der Waals surface area (Å²) in [4.78, 5) is 12.2. The summed E-state index contributed by atoms with van der Waals surface area (Å²) < 4.78 is 28.4. The Morgan fingerprint density at radius 1 is 1.35 bits per heavy atom. The number of esters is 1. The third-order valence-corrected chi connectivity index (χ3v) is 4.84. The molecule has 0 radical (unpaired) electrons. The van der Waals surface area contributed by atoms with Crippen molar-refractivity contribution in [1.29, 1.82) is 0 Å². The van der Waals surface area contributed by atoms with Gasteiger partial charge in [0.2, 0.25) is 0 Å². The maximum absolute atomic E-state index is 12.2. The van der Waals surface area contributed by atoms with Crippen LogP contribution in [0, 0.1) is 5.92 Å². The Hall–Kier alpha value is -0.620. The minimum atomic E-state index is -2.94. The van der Waals surface area contributed by atoms with Crippen LogP contribution in [0.2, 0.25) is 0 Å². The number of ether oxygens (including phenoxy) is 1. The fraction of sp³-hybridized carbons (Fsp3) is 0.929. The van der Waals surface area contributed by atoms with Crippen molar-refractivity contribution in [3.8, 4) is 0 Å². The zero-order chi connectivity index (χ0) is 15.6. The topological polar surface area (TPSA) is 72.5 Å². The van der Waals surface area contributed by atoms with Gasteiger partial charge in [-0.2, -0.15) is 0 Å². The van der Waals surface area contributed by atoms with E-state index in [0.29, 0.717) is 18.8 Å². The number of rotatable bonds is 5. The lowest BCUT2D eigenvalue weighted by Gasteiger charge is -2.27. The molecule has 0 amide bonds. The molecule has 0 aromatic heterocycles. The van der Waals surface area contributed by atoms with Crippen LogP contribution in [0.25, 0.3) is 0 Å². The van der Waals surface area contributed by atoms with Gasteiger partial charge in [-0.25, -0.2) is 8.42 Å². The monoisotopic (exact) mass is 305 g/mol. The van der Waals surface area contributed by atoms with Crippen molar-refractivity contribution in [2.24, 2.45) is 5.92 Å². The predicted octanol–water partition coefficient (Wildman–Crippen LogP) is 1.52. The van der Waals surface area contributed by atoms with Crippen LogP contribution in [-0.2, 0) is 19.4 Å². The number of hydrogen-bond donors (Lipinski definition) is 1. The van der Waals surface area contributed by atoms with E-state index in [1.54, 1.807) is 0 Å². The lowest BCUT2D eigenvalue weighted by molar-refractivity contribution is -0.158. The first-order chi connectivity index (χ1) is 8.98. The summed E-state index contributed by atoms with van der Waals surface area (Å²) in [5.41, 5.74) is -0.532. The standard InChI is InChI=1S/C14H27NO4S/c1-10(2)8-12(13(16)19-14(3,4)5)15-11-6-7-20(17,18)9-11/h10-12,15H,6-9H2,1-5H3. The highest BCUT2D eigenvalue weighted by Crippen LogP contribution is 2.17. The highest BCUT2D eigenvalue weighted by atomic mass is 32.2. The van der Waals surface area contributed by atoms with Gasteiger partial charge in [0.05, 0.1) is 11.5 Å². The van der Waals surface area contributed by atoms with Crippen LogP contribution in [0.5, 0.6) is 0 Å². The summed E-state index contributed by atoms with van der Waals surface area (Å²) in [7, 11) is -2.94. The second kappa shape index (κ2) is 6.43. The Labute approximate surface area is 122 Å². The van der Waals surface area contributed by atoms with Gasteiger partial charge in [-0.1, -0.05) is 13.8 Å². The van der Waals surface area contributed by atoms with Crippen molar-refractivity contribution in [3.63, 3.8) is 0 Å². The van der Waals surface area contributed by atoms with Crippen LogP contribution in [0.15, 0.2) is 0 Å². The van der Waals surface area contributed by atoms with E-state index in [-0.39, 0.29) is 23.5 Å². The molecule has 1 saturated heterocycles. The maximum atomic E-state index is 12.2. The molecule has 2 atom stereocenters. The minimum Gasteiger partial charge on any atom is -0.459 e. The first-order valence-corrected chi connectivity index (χ1v) is 9.00. The molecule has 0 bridgehead atoms. The average molecular weight is 305 g/mol. The van der Waals surface area contributed by atoms with E-state index in [0.717, 1.165) is 0 Å². The van der Waals surface area contributed by atoms with Crippen molar-refractivity contribution in [3.05, 3.63) is 0 Å². The second-order valence-electron chi connectivity index (χ2n) is 6.98. The Kier molecular flexibility index (Phi) is 5.61. The molecule has 0 aliphatic carbocycles. The molecule has 0 aromatic rings. The summed E-state index contributed by atoms with van der Waals surface area (Å²) in [6.45, 7) is 9.56. The number of carbonyl (C=O) groups is 1. The van der Waals surface area contributed by atoms with E-state index in [2.05, 4.69) is 5.32 Å². The predicted molar refractivity (Wildman–Crippen MR) is 79.3 cm³/mol. The third kappa shape index (κ3) is 6.22. The molecule has 5 nitrogen and oxygen atoms in total. The summed E-state index contributed by atoms with van der Waals surface area (Å²) in [6, 6.07) is -0.580. The summed E-state index contributed by atoms with van der Waals surface area (Å²) in [5.74, 6) is 0.353. The molecular formula is C14H27NO4S. The molecular weight excluding hydrogens is 278 g/mol. The van der Waals surface area contributed by atoms with Gasteiger partial charge in [-0.3, -0.25) is 4.79 Å². The smallest absolute Gasteiger partial charge is 0.323 e. The number of nitrogens with one attached hydrogen (secondary N) is 1. The van der Waals surface area contributed by atoms with Crippen LogP contribution in [0.3, 0.4) is 0 Å². The van der Waals surface area contributed by atoms with Gasteiger partial charge in [-0.15, -0.1) is 0 Å². The zero-order valence-electron chi connectivity index (χ0n) is 13.1. The minimum absolute atomic E-state index is 0.115. The SMILES string of the molecule is CC(C)CC(NC1CCS(=O)(=O)C1)C(=O)OC(C)(C)C. The molecule has 0 saturated carbocycles. The molecule has 2 unspecified atom stereocenters. The van der Waals surface area contributed by atoms with Crippen molar-refractivity contribution in [2.45, 2.75) is 65.1 Å². The quantitative estimate of drug-likeness (QED) is 0.780. The highest BCUT2D eigenvalue weighted by molar-refractivity contribution is 7.91. The first-order valence-electron chi connectivity index (χ1n) is 7.18. The number of hydrogen-bond acceptors (Lipinski definition) is 5. The van der Waals surface area contributed by atoms with Crippen molar-refractivity contribution in [2.75, 3.05) is 11.5 Å². The van der Waals surface area contributed by atoms with Gasteiger partial charge in [-0.05, 0) is 39.5 Å². The third-order valence-electron chi connectivity index (χ3n) is 3.07. The van der Waals surface area contributed by atoms with E-state index >= 15 is 0 Å². The van der Waals surface area contributed by atoms with E-state index in [1.165, 1.54) is 0 Å². The molecule has 1 heterocycles. The Bertz CT molecular complexity index is 437. The van der Waals surface area contributed by atoms with Crippen molar-refractivity contribution >= 4 is 15.8 Å². The second-order valence-corrected chi connectivity index (χ2v) is 9.21. The lowest BCUT2D eigenvalue weighted by atomic mass is 10.0. The molecule has 1 aliphatic heterocycles. The maximum Gasteiger partial charge on any atom is 0.323 e. The van der Waals surface area contributed by atoms with Gasteiger partial charge < -0.3 is 10.1 Å². The molecule has 1 fully saturated rings. The van der Waals surface area contributed by atoms with Crippen LogP contribution >= 0.6 is 0 Å². The summed E-state index contributed by atoms with van der Waals surface area (Å²) in [5, 5.41) is 3.17. The molecule has 118 valence electrons. The van der Waals surface area contributed by atoms with Gasteiger partial charge in [0, 0.05) is 6.04 Å². The summed E-state index contributed by atoms with van der Waals surface area (Å²) >= 11 is 0. The van der Waals surface area contributed by atoms with E-state index in [4.69, 9.17) is 4.74 Å². The zero-order valence-corrected chi connectivity index (χ0v) is 13.9. The molecule has 1 rings (SSSR count). The molecule has 1 aliphatic rings. The highest BCUT2D eigenvalue weighted by Gasteiger charge is 2.33. The Morgan fingerprint density at radius 3 is 2.35 bits per heavy atom. The largest absolute Gasteiger partial charge is 0.459 e. The number of carbonyl (C=O) groups excluding carboxylic acids is 1. The van der Waals surface area contributed by atoms with E-state index in [9.17, 15) is 13.2 Å². The molecule has 0 aromatic carbocycles. The van der Waals surface area contributed by atoms with E-state index < -0.39 is 21.5 Å². The van der Waals surface area contributed by atoms with Crippen LogP contribution in [0.1, 0.15) is 47.5 Å². The van der Waals surface area contributed by atoms with E-state index in [1.807, 2.05) is 34.6 Å².